The SMILES string of the molecule is CN1C(=O)CCc2cc(-c3cncc4c3CCC[C@H]4NC(=O)c3ncccc3Cl)ccc21. The van der Waals surface area contributed by atoms with E-state index in [1.165, 1.54) is 11.1 Å². The molecule has 7 heteroatoms. The zero-order valence-electron chi connectivity index (χ0n) is 17.8. The Hall–Kier alpha value is -3.25. The van der Waals surface area contributed by atoms with Crippen molar-refractivity contribution < 1.29 is 9.59 Å². The molecule has 5 rings (SSSR count). The Morgan fingerprint density at radius 3 is 2.91 bits per heavy atom. The fourth-order valence-electron chi connectivity index (χ4n) is 4.72. The molecule has 3 aromatic rings. The first-order chi connectivity index (χ1) is 15.5. The summed E-state index contributed by atoms with van der Waals surface area (Å²) in [7, 11) is 1.83. The molecule has 6 nitrogen and oxygen atoms in total. The van der Waals surface area contributed by atoms with Gasteiger partial charge >= 0.3 is 0 Å². The van der Waals surface area contributed by atoms with Crippen molar-refractivity contribution >= 4 is 29.1 Å². The second kappa shape index (κ2) is 8.36. The van der Waals surface area contributed by atoms with E-state index in [2.05, 4.69) is 27.4 Å². The highest BCUT2D eigenvalue weighted by Crippen LogP contribution is 2.38. The molecular weight excluding hydrogens is 424 g/mol. The molecule has 0 spiro atoms. The molecule has 1 aliphatic carbocycles. The lowest BCUT2D eigenvalue weighted by atomic mass is 9.84. The maximum Gasteiger partial charge on any atom is 0.271 e. The van der Waals surface area contributed by atoms with Crippen molar-refractivity contribution in [2.24, 2.45) is 0 Å². The van der Waals surface area contributed by atoms with Crippen LogP contribution in [0, 0.1) is 0 Å². The molecule has 32 heavy (non-hydrogen) atoms. The number of hydrogen-bond donors (Lipinski definition) is 1. The Labute approximate surface area is 191 Å². The maximum absolute atomic E-state index is 12.8. The molecule has 1 aliphatic heterocycles. The normalized spacial score (nSPS) is 17.5. The number of carbonyl (C=O) groups is 2. The molecule has 1 N–H and O–H groups in total. The maximum atomic E-state index is 12.8. The zero-order chi connectivity index (χ0) is 22.2. The minimum atomic E-state index is -0.277. The van der Waals surface area contributed by atoms with E-state index in [0.29, 0.717) is 11.4 Å². The number of anilines is 1. The van der Waals surface area contributed by atoms with Crippen LogP contribution in [0.25, 0.3) is 11.1 Å². The van der Waals surface area contributed by atoms with Crippen LogP contribution in [0.3, 0.4) is 0 Å². The van der Waals surface area contributed by atoms with E-state index in [4.69, 9.17) is 11.6 Å². The van der Waals surface area contributed by atoms with Crippen molar-refractivity contribution in [1.29, 1.82) is 0 Å². The van der Waals surface area contributed by atoms with Gasteiger partial charge in [0.05, 0.1) is 11.1 Å². The van der Waals surface area contributed by atoms with E-state index in [0.717, 1.165) is 48.1 Å². The largest absolute Gasteiger partial charge is 0.344 e. The van der Waals surface area contributed by atoms with Crippen molar-refractivity contribution in [2.45, 2.75) is 38.1 Å². The zero-order valence-corrected chi connectivity index (χ0v) is 18.5. The Balaban J connectivity index is 1.47. The molecule has 0 saturated carbocycles. The average molecular weight is 447 g/mol. The molecule has 0 bridgehead atoms. The summed E-state index contributed by atoms with van der Waals surface area (Å²) in [5.41, 5.74) is 6.81. The fourth-order valence-corrected chi connectivity index (χ4v) is 4.93. The molecule has 0 fully saturated rings. The summed E-state index contributed by atoms with van der Waals surface area (Å²) in [6, 6.07) is 9.48. The van der Waals surface area contributed by atoms with E-state index in [-0.39, 0.29) is 23.6 Å². The van der Waals surface area contributed by atoms with Gasteiger partial charge in [0.25, 0.3) is 5.91 Å². The summed E-state index contributed by atoms with van der Waals surface area (Å²) in [4.78, 5) is 35.2. The van der Waals surface area contributed by atoms with Crippen LogP contribution in [-0.2, 0) is 17.6 Å². The minimum Gasteiger partial charge on any atom is -0.344 e. The summed E-state index contributed by atoms with van der Waals surface area (Å²) in [5.74, 6) is -0.129. The van der Waals surface area contributed by atoms with E-state index >= 15 is 0 Å². The molecular formula is C25H23ClN4O2. The number of benzene rings is 1. The van der Waals surface area contributed by atoms with Crippen molar-refractivity contribution in [3.63, 3.8) is 0 Å². The topological polar surface area (TPSA) is 75.2 Å². The molecule has 2 aromatic heterocycles. The van der Waals surface area contributed by atoms with Crippen molar-refractivity contribution in [1.82, 2.24) is 15.3 Å². The van der Waals surface area contributed by atoms with Gasteiger partial charge in [0.1, 0.15) is 5.69 Å². The number of aryl methyl sites for hydroxylation is 1. The van der Waals surface area contributed by atoms with Crippen molar-refractivity contribution in [2.75, 3.05) is 11.9 Å². The molecule has 0 saturated heterocycles. The van der Waals surface area contributed by atoms with Gasteiger partial charge in [-0.1, -0.05) is 17.7 Å². The number of rotatable bonds is 3. The number of amides is 2. The van der Waals surface area contributed by atoms with Gasteiger partial charge in [-0.25, -0.2) is 4.98 Å². The summed E-state index contributed by atoms with van der Waals surface area (Å²) in [6.07, 6.45) is 9.33. The van der Waals surface area contributed by atoms with Crippen LogP contribution in [0.15, 0.2) is 48.9 Å². The van der Waals surface area contributed by atoms with Gasteiger partial charge in [-0.3, -0.25) is 14.6 Å². The third-order valence-electron chi connectivity index (χ3n) is 6.40. The van der Waals surface area contributed by atoms with Gasteiger partial charge < -0.3 is 10.2 Å². The first kappa shape index (κ1) is 20.6. The van der Waals surface area contributed by atoms with Crippen LogP contribution in [0.1, 0.15) is 52.5 Å². The molecule has 1 aromatic carbocycles. The fraction of sp³-hybridized carbons (Fsp3) is 0.280. The molecule has 2 aliphatic rings. The van der Waals surface area contributed by atoms with E-state index < -0.39 is 0 Å². The summed E-state index contributed by atoms with van der Waals surface area (Å²) in [6.45, 7) is 0. The minimum absolute atomic E-state index is 0.141. The van der Waals surface area contributed by atoms with Gasteiger partial charge in [-0.05, 0) is 72.2 Å². The predicted molar refractivity (Wildman–Crippen MR) is 124 cm³/mol. The molecule has 0 unspecified atom stereocenters. The van der Waals surface area contributed by atoms with Gasteiger partial charge in [0.2, 0.25) is 5.91 Å². The highest BCUT2D eigenvalue weighted by Gasteiger charge is 2.27. The first-order valence-corrected chi connectivity index (χ1v) is 11.2. The molecule has 2 amide bonds. The number of nitrogens with one attached hydrogen (secondary N) is 1. The number of hydrogen-bond acceptors (Lipinski definition) is 4. The Bertz CT molecular complexity index is 1230. The Kier molecular flexibility index (Phi) is 5.39. The number of pyridine rings is 2. The lowest BCUT2D eigenvalue weighted by Crippen LogP contribution is -2.32. The third-order valence-corrected chi connectivity index (χ3v) is 6.70. The molecule has 162 valence electrons. The summed E-state index contributed by atoms with van der Waals surface area (Å²) >= 11 is 6.16. The van der Waals surface area contributed by atoms with E-state index in [1.807, 2.05) is 25.5 Å². The molecule has 1 atom stereocenters. The number of carbonyl (C=O) groups excluding carboxylic acids is 2. The first-order valence-electron chi connectivity index (χ1n) is 10.8. The van der Waals surface area contributed by atoms with E-state index in [1.54, 1.807) is 23.2 Å². The average Bonchev–Trinajstić information content (AvgIpc) is 2.81. The lowest BCUT2D eigenvalue weighted by molar-refractivity contribution is -0.118. The van der Waals surface area contributed by atoms with Crippen molar-refractivity contribution in [3.05, 3.63) is 76.3 Å². The second-order valence-corrected chi connectivity index (χ2v) is 8.71. The highest BCUT2D eigenvalue weighted by atomic mass is 35.5. The van der Waals surface area contributed by atoms with Crippen molar-refractivity contribution in [3.8, 4) is 11.1 Å². The van der Waals surface area contributed by atoms with Crippen LogP contribution in [-0.4, -0.2) is 28.8 Å². The highest BCUT2D eigenvalue weighted by molar-refractivity contribution is 6.33. The standard InChI is InChI=1S/C25H23ClN4O2/c1-30-22-9-7-15(12-16(22)8-10-23(30)31)18-13-27-14-19-17(18)4-2-6-21(19)29-25(32)24-20(26)5-3-11-28-24/h3,5,7,9,11-14,21H,2,4,6,8,10H2,1H3,(H,29,32)/t21-/m1/s1. The van der Waals surface area contributed by atoms with E-state index in [9.17, 15) is 9.59 Å². The van der Waals surface area contributed by atoms with Gasteiger partial charge in [0, 0.05) is 43.3 Å². The summed E-state index contributed by atoms with van der Waals surface area (Å²) < 4.78 is 0. The predicted octanol–water partition coefficient (Wildman–Crippen LogP) is 4.51. The van der Waals surface area contributed by atoms with Crippen LogP contribution >= 0.6 is 11.6 Å². The van der Waals surface area contributed by atoms with Crippen LogP contribution in [0.2, 0.25) is 5.02 Å². The number of fused-ring (bicyclic) bond motifs is 2. The quantitative estimate of drug-likeness (QED) is 0.642. The van der Waals surface area contributed by atoms with Crippen LogP contribution in [0.5, 0.6) is 0 Å². The molecule has 3 heterocycles. The van der Waals surface area contributed by atoms with Gasteiger partial charge in [0.15, 0.2) is 0 Å². The number of halogens is 1. The monoisotopic (exact) mass is 446 g/mol. The van der Waals surface area contributed by atoms with Gasteiger partial charge in [-0.2, -0.15) is 0 Å². The van der Waals surface area contributed by atoms with Gasteiger partial charge in [-0.15, -0.1) is 0 Å². The van der Waals surface area contributed by atoms with Crippen LogP contribution in [0.4, 0.5) is 5.69 Å². The Morgan fingerprint density at radius 2 is 2.06 bits per heavy atom. The lowest BCUT2D eigenvalue weighted by Gasteiger charge is -2.29. The smallest absolute Gasteiger partial charge is 0.271 e. The second-order valence-electron chi connectivity index (χ2n) is 8.30. The summed E-state index contributed by atoms with van der Waals surface area (Å²) in [5, 5.41) is 3.44. The number of nitrogens with zero attached hydrogens (tertiary/aromatic N) is 3. The Morgan fingerprint density at radius 1 is 1.19 bits per heavy atom. The molecule has 0 radical (unpaired) electrons. The van der Waals surface area contributed by atoms with Crippen LogP contribution < -0.4 is 10.2 Å². The third kappa shape index (κ3) is 3.65. The number of aromatic nitrogens is 2.